The first-order chi connectivity index (χ1) is 25.2. The van der Waals surface area contributed by atoms with Gasteiger partial charge < -0.3 is 14.4 Å². The van der Waals surface area contributed by atoms with E-state index in [1.165, 1.54) is 6.08 Å². The van der Waals surface area contributed by atoms with E-state index in [-0.39, 0.29) is 34.1 Å². The Morgan fingerprint density at radius 1 is 0.981 bits per heavy atom. The van der Waals surface area contributed by atoms with E-state index < -0.39 is 9.84 Å². The monoisotopic (exact) mass is 728 g/mol. The van der Waals surface area contributed by atoms with Crippen molar-refractivity contribution in [3.63, 3.8) is 0 Å². The lowest BCUT2D eigenvalue weighted by Crippen LogP contribution is -2.55. The maximum atomic E-state index is 15.2. The molecule has 0 amide bonds. The summed E-state index contributed by atoms with van der Waals surface area (Å²) in [6.07, 6.45) is 16.7. The number of allylic oxidation sites excluding steroid dienone is 1. The summed E-state index contributed by atoms with van der Waals surface area (Å²) in [6, 6.07) is 15.0. The minimum absolute atomic E-state index is 0.103. The molecule has 2 saturated carbocycles. The minimum atomic E-state index is -3.26. The Morgan fingerprint density at radius 3 is 2.42 bits per heavy atom. The molecule has 280 valence electrons. The topological polar surface area (TPSA) is 75.5 Å². The highest BCUT2D eigenvalue weighted by atomic mass is 32.2. The molecule has 4 aliphatic rings. The van der Waals surface area contributed by atoms with Crippen LogP contribution in [0.25, 0.3) is 0 Å². The zero-order valence-corrected chi connectivity index (χ0v) is 31.8. The number of halogens is 1. The molecule has 0 unspecified atom stereocenters. The van der Waals surface area contributed by atoms with Gasteiger partial charge in [0.05, 0.1) is 10.1 Å². The zero-order valence-electron chi connectivity index (χ0n) is 31.0. The maximum absolute atomic E-state index is 15.2. The summed E-state index contributed by atoms with van der Waals surface area (Å²) >= 11 is 0. The van der Waals surface area contributed by atoms with Gasteiger partial charge in [0.25, 0.3) is 0 Å². The van der Waals surface area contributed by atoms with Crippen molar-refractivity contribution in [2.45, 2.75) is 106 Å². The number of likely N-dealkylation sites (tertiary alicyclic amines) is 1. The number of ketones is 1. The summed E-state index contributed by atoms with van der Waals surface area (Å²) in [5, 5.41) is -0.232. The Labute approximate surface area is 310 Å². The molecule has 3 atom stereocenters. The van der Waals surface area contributed by atoms with Crippen LogP contribution in [-0.4, -0.2) is 66.6 Å². The van der Waals surface area contributed by atoms with Gasteiger partial charge in [-0.05, 0) is 117 Å². The Balaban J connectivity index is 1.05. The van der Waals surface area contributed by atoms with Crippen LogP contribution in [0.1, 0.15) is 88.9 Å². The number of carbonyl (C=O) groups is 1. The molecule has 4 fully saturated rings. The van der Waals surface area contributed by atoms with E-state index in [0.717, 1.165) is 127 Å². The number of rotatable bonds is 14. The van der Waals surface area contributed by atoms with Gasteiger partial charge in [-0.25, -0.2) is 17.8 Å². The van der Waals surface area contributed by atoms with E-state index in [9.17, 15) is 13.2 Å². The number of benzene rings is 2. The fourth-order valence-corrected chi connectivity index (χ4v) is 12.4. The van der Waals surface area contributed by atoms with Crippen LogP contribution < -0.4 is 4.90 Å². The Kier molecular flexibility index (Phi) is 11.4. The van der Waals surface area contributed by atoms with E-state index in [4.69, 9.17) is 0 Å². The molecule has 2 saturated heterocycles. The van der Waals surface area contributed by atoms with Gasteiger partial charge >= 0.3 is 0 Å². The van der Waals surface area contributed by atoms with Crippen molar-refractivity contribution in [1.29, 1.82) is 0 Å². The molecule has 0 N–H and O–H groups in total. The molecule has 7 rings (SSSR count). The van der Waals surface area contributed by atoms with E-state index in [1.54, 1.807) is 12.1 Å². The predicted octanol–water partition coefficient (Wildman–Crippen LogP) is 8.04. The van der Waals surface area contributed by atoms with Crippen molar-refractivity contribution in [1.82, 2.24) is 14.5 Å². The Hall–Kier alpha value is -3.30. The number of nitrogens with zero attached hydrogens (tertiary/aromatic N) is 4. The molecular formula is C43H57FN4O3S. The number of aryl methyl sites for hydroxylation is 1. The molecule has 9 heteroatoms. The van der Waals surface area contributed by atoms with E-state index in [2.05, 4.69) is 45.1 Å². The van der Waals surface area contributed by atoms with Gasteiger partial charge in [-0.1, -0.05) is 51.3 Å². The molecule has 3 aromatic rings. The van der Waals surface area contributed by atoms with Crippen molar-refractivity contribution in [3.8, 4) is 0 Å². The number of piperidine rings is 1. The lowest BCUT2D eigenvalue weighted by Gasteiger charge is -2.52. The van der Waals surface area contributed by atoms with Crippen LogP contribution in [0.5, 0.6) is 0 Å². The van der Waals surface area contributed by atoms with Crippen molar-refractivity contribution in [2.24, 2.45) is 23.7 Å². The molecule has 1 aromatic heterocycles. The number of imidazole rings is 1. The number of anilines is 1. The number of hydrogen-bond acceptors (Lipinski definition) is 6. The zero-order chi connectivity index (χ0) is 36.3. The van der Waals surface area contributed by atoms with Crippen LogP contribution in [0.15, 0.2) is 78.5 Å². The van der Waals surface area contributed by atoms with Crippen LogP contribution in [0.2, 0.25) is 0 Å². The van der Waals surface area contributed by atoms with Crippen molar-refractivity contribution in [3.05, 3.63) is 90.8 Å². The summed E-state index contributed by atoms with van der Waals surface area (Å²) < 4.78 is 43.9. The van der Waals surface area contributed by atoms with Crippen molar-refractivity contribution in [2.75, 3.05) is 37.6 Å². The lowest BCUT2D eigenvalue weighted by atomic mass is 9.56. The minimum Gasteiger partial charge on any atom is -0.371 e. The summed E-state index contributed by atoms with van der Waals surface area (Å²) in [6.45, 7) is 11.7. The smallest absolute Gasteiger partial charge is 0.181 e. The highest BCUT2D eigenvalue weighted by molar-refractivity contribution is 7.92. The molecular weight excluding hydrogens is 672 g/mol. The quantitative estimate of drug-likeness (QED) is 0.157. The highest BCUT2D eigenvalue weighted by Crippen LogP contribution is 2.54. The largest absolute Gasteiger partial charge is 0.371 e. The summed E-state index contributed by atoms with van der Waals surface area (Å²) in [7, 11) is -3.26. The van der Waals surface area contributed by atoms with Crippen LogP contribution in [-0.2, 0) is 33.0 Å². The first-order valence-corrected chi connectivity index (χ1v) is 21.5. The molecule has 0 bridgehead atoms. The average Bonchev–Trinajstić information content (AvgIpc) is 3.82. The van der Waals surface area contributed by atoms with Gasteiger partial charge in [0.15, 0.2) is 15.6 Å². The van der Waals surface area contributed by atoms with Gasteiger partial charge in [-0.3, -0.25) is 4.79 Å². The summed E-state index contributed by atoms with van der Waals surface area (Å²) in [5.41, 5.74) is 1.84. The number of aromatic nitrogens is 2. The molecule has 2 aromatic carbocycles. The second-order valence-electron chi connectivity index (χ2n) is 16.2. The number of sulfone groups is 1. The third kappa shape index (κ3) is 7.54. The average molecular weight is 729 g/mol. The van der Waals surface area contributed by atoms with Gasteiger partial charge in [0.1, 0.15) is 11.6 Å². The van der Waals surface area contributed by atoms with Crippen LogP contribution >= 0.6 is 0 Å². The highest BCUT2D eigenvalue weighted by Gasteiger charge is 2.52. The van der Waals surface area contributed by atoms with E-state index >= 15 is 4.39 Å². The predicted molar refractivity (Wildman–Crippen MR) is 206 cm³/mol. The number of carbonyl (C=O) groups excluding carboxylic acids is 1. The summed E-state index contributed by atoms with van der Waals surface area (Å²) in [5.74, 6) is 2.35. The van der Waals surface area contributed by atoms with Crippen molar-refractivity contribution >= 4 is 21.3 Å². The van der Waals surface area contributed by atoms with Gasteiger partial charge in [-0.2, -0.15) is 0 Å². The summed E-state index contributed by atoms with van der Waals surface area (Å²) in [4.78, 5) is 22.9. The normalized spacial score (nSPS) is 23.7. The second kappa shape index (κ2) is 16.0. The lowest BCUT2D eigenvalue weighted by molar-refractivity contribution is -0.116. The third-order valence-electron chi connectivity index (χ3n) is 13.2. The standard InChI is InChI=1S/C43H57FN4O3S/c1-3-38(49)26-33-10-8-15-41(33)43(35-11-9-12-36(44)27-35,31-47-25-22-45-42(47)4-2)34-20-23-46(24-21-34)28-32-29-48(30-32)37-16-18-40(19-17-37)52(50,51)39-13-6-5-7-14-39/h3,9,11-12,16-19,22,25,27,32-34,39,41H,1,4-8,10,13-15,20-21,23-24,26,28-31H2,2H3/t33-,41+,43+/m1/s1. The molecule has 3 heterocycles. The van der Waals surface area contributed by atoms with E-state index in [1.807, 2.05) is 36.5 Å². The first-order valence-electron chi connectivity index (χ1n) is 19.9. The first kappa shape index (κ1) is 37.0. The van der Waals surface area contributed by atoms with Crippen LogP contribution in [0, 0.1) is 29.5 Å². The Bertz CT molecular complexity index is 1790. The fraction of sp³-hybridized carbons (Fsp3) is 0.581. The molecule has 7 nitrogen and oxygen atoms in total. The maximum Gasteiger partial charge on any atom is 0.181 e. The van der Waals surface area contributed by atoms with Crippen LogP contribution in [0.4, 0.5) is 10.1 Å². The van der Waals surface area contributed by atoms with Gasteiger partial charge in [0.2, 0.25) is 0 Å². The molecule has 0 radical (unpaired) electrons. The molecule has 52 heavy (non-hydrogen) atoms. The van der Waals surface area contributed by atoms with Gasteiger partial charge in [0, 0.05) is 68.4 Å². The van der Waals surface area contributed by atoms with E-state index in [0.29, 0.717) is 23.2 Å². The molecule has 2 aliphatic carbocycles. The van der Waals surface area contributed by atoms with Crippen LogP contribution in [0.3, 0.4) is 0 Å². The second-order valence-corrected chi connectivity index (χ2v) is 18.4. The SMILES string of the molecule is C=CC(=O)C[C@H]1CCC[C@@H]1[C@](Cn1ccnc1CC)(c1cccc(F)c1)C1CCN(CC2CN(c3ccc(S(=O)(=O)C4CCCCC4)cc3)C2)CC1. The molecule has 0 spiro atoms. The fourth-order valence-electron chi connectivity index (χ4n) is 10.6. The Morgan fingerprint density at radius 2 is 1.73 bits per heavy atom. The van der Waals surface area contributed by atoms with Crippen molar-refractivity contribution < 1.29 is 17.6 Å². The third-order valence-corrected chi connectivity index (χ3v) is 15.5. The van der Waals surface area contributed by atoms with Gasteiger partial charge in [-0.15, -0.1) is 0 Å². The molecule has 2 aliphatic heterocycles. The number of hydrogen-bond donors (Lipinski definition) is 0.